The fourth-order valence-corrected chi connectivity index (χ4v) is 3.66. The Morgan fingerprint density at radius 1 is 1.00 bits per heavy atom. The molecular weight excluding hydrogens is 326 g/mol. The number of thioether (sulfide) groups is 1. The molecule has 0 saturated heterocycles. The van der Waals surface area contributed by atoms with Crippen LogP contribution in [0.3, 0.4) is 0 Å². The van der Waals surface area contributed by atoms with Crippen molar-refractivity contribution in [1.82, 2.24) is 14.8 Å². The largest absolute Gasteiger partial charge is 0.306 e. The number of nitrogens with zero attached hydrogens (tertiary/aromatic N) is 3. The van der Waals surface area contributed by atoms with Crippen molar-refractivity contribution in [3.8, 4) is 0 Å². The van der Waals surface area contributed by atoms with Gasteiger partial charge in [0, 0.05) is 17.3 Å². The summed E-state index contributed by atoms with van der Waals surface area (Å²) in [5.41, 5.74) is 2.44. The van der Waals surface area contributed by atoms with E-state index in [0.717, 1.165) is 40.3 Å². The second-order valence-electron chi connectivity index (χ2n) is 5.30. The number of benzene rings is 2. The second kappa shape index (κ2) is 7.66. The molecule has 0 radical (unpaired) electrons. The molecule has 3 aromatic rings. The van der Waals surface area contributed by atoms with Crippen LogP contribution in [0.1, 0.15) is 17.0 Å². The van der Waals surface area contributed by atoms with Crippen molar-refractivity contribution >= 4 is 23.4 Å². The molecule has 0 aliphatic heterocycles. The number of aromatic nitrogens is 3. The number of rotatable bonds is 6. The molecule has 1 heterocycles. The lowest BCUT2D eigenvalue weighted by Crippen LogP contribution is -2.05. The third-order valence-corrected chi connectivity index (χ3v) is 5.07. The highest BCUT2D eigenvalue weighted by Crippen LogP contribution is 2.26. The van der Waals surface area contributed by atoms with Gasteiger partial charge in [-0.3, -0.25) is 0 Å². The van der Waals surface area contributed by atoms with Crippen molar-refractivity contribution in [2.75, 3.05) is 0 Å². The highest BCUT2D eigenvalue weighted by Gasteiger charge is 2.10. The predicted molar refractivity (Wildman–Crippen MR) is 95.9 cm³/mol. The average molecular weight is 344 g/mol. The van der Waals surface area contributed by atoms with Gasteiger partial charge in [-0.05, 0) is 30.5 Å². The molecule has 0 saturated carbocycles. The van der Waals surface area contributed by atoms with Gasteiger partial charge in [-0.25, -0.2) is 0 Å². The van der Waals surface area contributed by atoms with Gasteiger partial charge in [-0.2, -0.15) is 0 Å². The predicted octanol–water partition coefficient (Wildman–Crippen LogP) is 4.77. The summed E-state index contributed by atoms with van der Waals surface area (Å²) in [6.45, 7) is 2.88. The summed E-state index contributed by atoms with van der Waals surface area (Å²) >= 11 is 7.90. The third kappa shape index (κ3) is 4.15. The molecule has 0 N–H and O–H groups in total. The maximum atomic E-state index is 6.22. The van der Waals surface area contributed by atoms with Gasteiger partial charge in [0.25, 0.3) is 0 Å². The minimum Gasteiger partial charge on any atom is -0.306 e. The van der Waals surface area contributed by atoms with Crippen molar-refractivity contribution < 1.29 is 0 Å². The van der Waals surface area contributed by atoms with Crippen LogP contribution in [0.25, 0.3) is 0 Å². The van der Waals surface area contributed by atoms with Crippen LogP contribution in [0.4, 0.5) is 0 Å². The Hall–Kier alpha value is -1.78. The number of halogens is 1. The van der Waals surface area contributed by atoms with Crippen LogP contribution in [0.2, 0.25) is 5.02 Å². The monoisotopic (exact) mass is 343 g/mol. The van der Waals surface area contributed by atoms with Gasteiger partial charge in [0.05, 0.1) is 0 Å². The molecule has 3 rings (SSSR count). The first-order valence-corrected chi connectivity index (χ1v) is 8.90. The van der Waals surface area contributed by atoms with Gasteiger partial charge in [0.2, 0.25) is 0 Å². The molecule has 5 heteroatoms. The Bertz CT molecular complexity index is 771. The Balaban J connectivity index is 1.68. The topological polar surface area (TPSA) is 30.7 Å². The first-order valence-electron chi connectivity index (χ1n) is 7.54. The van der Waals surface area contributed by atoms with E-state index in [9.17, 15) is 0 Å². The lowest BCUT2D eigenvalue weighted by atomic mass is 10.1. The summed E-state index contributed by atoms with van der Waals surface area (Å²) < 4.78 is 2.18. The molecule has 23 heavy (non-hydrogen) atoms. The minimum absolute atomic E-state index is 0.795. The van der Waals surface area contributed by atoms with Crippen LogP contribution in [0.5, 0.6) is 0 Å². The summed E-state index contributed by atoms with van der Waals surface area (Å²) in [4.78, 5) is 0. The molecule has 0 amide bonds. The first-order chi connectivity index (χ1) is 11.2. The number of hydrogen-bond donors (Lipinski definition) is 0. The van der Waals surface area contributed by atoms with Crippen molar-refractivity contribution in [3.63, 3.8) is 0 Å². The third-order valence-electron chi connectivity index (χ3n) is 3.68. The van der Waals surface area contributed by atoms with Gasteiger partial charge in [-0.15, -0.1) is 10.2 Å². The van der Waals surface area contributed by atoms with E-state index in [2.05, 4.69) is 39.0 Å². The molecule has 0 atom stereocenters. The zero-order valence-electron chi connectivity index (χ0n) is 12.9. The molecule has 0 bridgehead atoms. The molecule has 0 aliphatic carbocycles. The van der Waals surface area contributed by atoms with Crippen LogP contribution < -0.4 is 0 Å². The normalized spacial score (nSPS) is 10.9. The molecule has 2 aromatic carbocycles. The fraction of sp³-hybridized carbons (Fsp3) is 0.222. The molecule has 0 aliphatic rings. The van der Waals surface area contributed by atoms with E-state index in [1.807, 2.05) is 37.3 Å². The summed E-state index contributed by atoms with van der Waals surface area (Å²) in [6.07, 6.45) is 0.972. The molecular formula is C18H18ClN3S. The highest BCUT2D eigenvalue weighted by molar-refractivity contribution is 7.98. The molecule has 1 aromatic heterocycles. The van der Waals surface area contributed by atoms with Gasteiger partial charge in [-0.1, -0.05) is 71.9 Å². The zero-order chi connectivity index (χ0) is 16.1. The Morgan fingerprint density at radius 3 is 2.52 bits per heavy atom. The maximum absolute atomic E-state index is 6.22. The summed E-state index contributed by atoms with van der Waals surface area (Å²) in [7, 11) is 0. The smallest absolute Gasteiger partial charge is 0.191 e. The van der Waals surface area contributed by atoms with E-state index >= 15 is 0 Å². The lowest BCUT2D eigenvalue weighted by Gasteiger charge is -2.09. The van der Waals surface area contributed by atoms with Crippen LogP contribution in [-0.4, -0.2) is 14.8 Å². The van der Waals surface area contributed by atoms with Crippen molar-refractivity contribution in [2.45, 2.75) is 30.8 Å². The van der Waals surface area contributed by atoms with Crippen LogP contribution in [-0.2, 0) is 18.7 Å². The van der Waals surface area contributed by atoms with Gasteiger partial charge >= 0.3 is 0 Å². The lowest BCUT2D eigenvalue weighted by molar-refractivity contribution is 0.617. The summed E-state index contributed by atoms with van der Waals surface area (Å²) in [5, 5.41) is 10.3. The molecule has 118 valence electrons. The van der Waals surface area contributed by atoms with E-state index in [4.69, 9.17) is 11.6 Å². The van der Waals surface area contributed by atoms with E-state index in [1.54, 1.807) is 11.8 Å². The summed E-state index contributed by atoms with van der Waals surface area (Å²) in [6, 6.07) is 18.4. The van der Waals surface area contributed by atoms with Gasteiger partial charge in [0.1, 0.15) is 5.82 Å². The van der Waals surface area contributed by atoms with Crippen molar-refractivity contribution in [3.05, 3.63) is 76.6 Å². The van der Waals surface area contributed by atoms with E-state index in [1.165, 1.54) is 5.56 Å². The van der Waals surface area contributed by atoms with Crippen LogP contribution in [0, 0.1) is 6.92 Å². The minimum atomic E-state index is 0.795. The van der Waals surface area contributed by atoms with Gasteiger partial charge in [0.15, 0.2) is 5.16 Å². The quantitative estimate of drug-likeness (QED) is 0.604. The Morgan fingerprint density at radius 2 is 1.74 bits per heavy atom. The maximum Gasteiger partial charge on any atom is 0.191 e. The van der Waals surface area contributed by atoms with E-state index in [-0.39, 0.29) is 0 Å². The SMILES string of the molecule is Cc1nnc(SCc2ccccc2Cl)n1CCc1ccccc1. The standard InChI is InChI=1S/C18H18ClN3S/c1-14-20-21-18(23-13-16-9-5-6-10-17(16)19)22(14)12-11-15-7-3-2-4-8-15/h2-10H,11-13H2,1H3. The van der Waals surface area contributed by atoms with Crippen LogP contribution in [0.15, 0.2) is 59.8 Å². The number of aryl methyl sites for hydroxylation is 2. The molecule has 0 fully saturated rings. The summed E-state index contributed by atoms with van der Waals surface area (Å²) in [5.74, 6) is 1.74. The molecule has 0 spiro atoms. The second-order valence-corrected chi connectivity index (χ2v) is 6.65. The highest BCUT2D eigenvalue weighted by atomic mass is 35.5. The van der Waals surface area contributed by atoms with E-state index < -0.39 is 0 Å². The van der Waals surface area contributed by atoms with Crippen molar-refractivity contribution in [1.29, 1.82) is 0 Å². The average Bonchev–Trinajstić information content (AvgIpc) is 2.93. The first kappa shape index (κ1) is 16.1. The Kier molecular flexibility index (Phi) is 5.36. The fourth-order valence-electron chi connectivity index (χ4n) is 2.37. The Labute approximate surface area is 145 Å². The number of hydrogen-bond acceptors (Lipinski definition) is 3. The molecule has 0 unspecified atom stereocenters. The van der Waals surface area contributed by atoms with Crippen molar-refractivity contribution in [2.24, 2.45) is 0 Å². The van der Waals surface area contributed by atoms with Gasteiger partial charge < -0.3 is 4.57 Å². The van der Waals surface area contributed by atoms with E-state index in [0.29, 0.717) is 0 Å². The van der Waals surface area contributed by atoms with Crippen LogP contribution >= 0.6 is 23.4 Å². The zero-order valence-corrected chi connectivity index (χ0v) is 14.5. The molecule has 3 nitrogen and oxygen atoms in total.